The van der Waals surface area contributed by atoms with Crippen LogP contribution in [0.4, 0.5) is 0 Å². The van der Waals surface area contributed by atoms with Crippen LogP contribution >= 0.6 is 15.6 Å². The fourth-order valence-corrected chi connectivity index (χ4v) is 13.6. The second-order valence-electron chi connectivity index (χ2n) is 28.6. The molecule has 2 unspecified atom stereocenters. The number of rotatable bonds is 78. The van der Waals surface area contributed by atoms with Crippen molar-refractivity contribution in [1.29, 1.82) is 0 Å². The van der Waals surface area contributed by atoms with Crippen molar-refractivity contribution in [2.24, 2.45) is 5.92 Å². The largest absolute Gasteiger partial charge is 0.472 e. The Kier molecular flexibility index (Phi) is 69.6. The van der Waals surface area contributed by atoms with Gasteiger partial charge in [0.2, 0.25) is 0 Å². The minimum atomic E-state index is -4.96. The van der Waals surface area contributed by atoms with Gasteiger partial charge in [-0.15, -0.1) is 0 Å². The van der Waals surface area contributed by atoms with Crippen LogP contribution in [0, 0.1) is 5.92 Å². The summed E-state index contributed by atoms with van der Waals surface area (Å²) in [4.78, 5) is 72.9. The summed E-state index contributed by atoms with van der Waals surface area (Å²) in [6.45, 7) is 7.28. The fourth-order valence-electron chi connectivity index (χ4n) is 12.1. The summed E-state index contributed by atoms with van der Waals surface area (Å²) < 4.78 is 68.6. The van der Waals surface area contributed by atoms with E-state index in [-0.39, 0.29) is 25.7 Å². The van der Waals surface area contributed by atoms with E-state index < -0.39 is 97.5 Å². The maximum absolute atomic E-state index is 13.1. The van der Waals surface area contributed by atoms with Crippen LogP contribution in [0.15, 0.2) is 0 Å². The van der Waals surface area contributed by atoms with Gasteiger partial charge in [0.15, 0.2) is 12.2 Å². The molecule has 0 fully saturated rings. The first kappa shape index (κ1) is 95.1. The molecule has 0 aromatic carbocycles. The molecule has 0 aromatic heterocycles. The van der Waals surface area contributed by atoms with Crippen LogP contribution < -0.4 is 0 Å². The number of phosphoric acid groups is 2. The quantitative estimate of drug-likeness (QED) is 0.0222. The van der Waals surface area contributed by atoms with Crippen LogP contribution in [0.3, 0.4) is 0 Å². The number of hydrogen-bond acceptors (Lipinski definition) is 15. The van der Waals surface area contributed by atoms with Crippen molar-refractivity contribution in [2.45, 2.75) is 432 Å². The number of ether oxygens (including phenoxy) is 4. The van der Waals surface area contributed by atoms with Crippen LogP contribution in [0.2, 0.25) is 0 Å². The van der Waals surface area contributed by atoms with Crippen molar-refractivity contribution in [3.63, 3.8) is 0 Å². The van der Waals surface area contributed by atoms with Gasteiger partial charge < -0.3 is 33.8 Å². The van der Waals surface area contributed by atoms with Crippen molar-refractivity contribution in [3.8, 4) is 0 Å². The fraction of sp³-hybridized carbons (Fsp3) is 0.949. The molecule has 0 heterocycles. The highest BCUT2D eigenvalue weighted by molar-refractivity contribution is 7.47. The van der Waals surface area contributed by atoms with E-state index in [9.17, 15) is 43.2 Å². The maximum atomic E-state index is 13.1. The molecule has 0 saturated heterocycles. The topological polar surface area (TPSA) is 237 Å². The normalized spacial score (nSPS) is 13.9. The number of unbranched alkanes of at least 4 members (excludes halogenated alkanes) is 50. The highest BCUT2D eigenvalue weighted by atomic mass is 31.2. The molecule has 0 aromatic rings. The lowest BCUT2D eigenvalue weighted by atomic mass is 10.0. The monoisotopic (exact) mass is 1420 g/mol. The summed E-state index contributed by atoms with van der Waals surface area (Å²) in [6, 6.07) is 0. The second-order valence-corrected chi connectivity index (χ2v) is 31.5. The van der Waals surface area contributed by atoms with Gasteiger partial charge in [0.1, 0.15) is 19.3 Å². The van der Waals surface area contributed by atoms with Crippen LogP contribution in [0.5, 0.6) is 0 Å². The molecular weight excluding hydrogens is 1270 g/mol. The zero-order valence-electron chi connectivity index (χ0n) is 63.2. The summed E-state index contributed by atoms with van der Waals surface area (Å²) in [5.41, 5.74) is 0. The Hall–Kier alpha value is -1.94. The number of carbonyl (C=O) groups is 4. The third-order valence-corrected chi connectivity index (χ3v) is 20.2. The minimum absolute atomic E-state index is 0.107. The Morgan fingerprint density at radius 3 is 0.701 bits per heavy atom. The van der Waals surface area contributed by atoms with Gasteiger partial charge >= 0.3 is 39.5 Å². The molecule has 97 heavy (non-hydrogen) atoms. The molecule has 576 valence electrons. The van der Waals surface area contributed by atoms with Gasteiger partial charge in [-0.25, -0.2) is 9.13 Å². The summed E-state index contributed by atoms with van der Waals surface area (Å²) in [7, 11) is -9.91. The molecule has 0 bridgehead atoms. The molecule has 0 rings (SSSR count). The smallest absolute Gasteiger partial charge is 0.462 e. The van der Waals surface area contributed by atoms with Gasteiger partial charge in [0.25, 0.3) is 0 Å². The van der Waals surface area contributed by atoms with Crippen LogP contribution in [-0.2, 0) is 65.4 Å². The lowest BCUT2D eigenvalue weighted by Crippen LogP contribution is -2.30. The Labute approximate surface area is 594 Å². The van der Waals surface area contributed by atoms with Crippen molar-refractivity contribution >= 4 is 39.5 Å². The van der Waals surface area contributed by atoms with Gasteiger partial charge in [-0.1, -0.05) is 362 Å². The molecule has 19 heteroatoms. The van der Waals surface area contributed by atoms with E-state index in [0.29, 0.717) is 25.7 Å². The predicted molar refractivity (Wildman–Crippen MR) is 395 cm³/mol. The van der Waals surface area contributed by atoms with Crippen molar-refractivity contribution in [1.82, 2.24) is 0 Å². The zero-order valence-corrected chi connectivity index (χ0v) is 65.0. The summed E-state index contributed by atoms with van der Waals surface area (Å²) in [6.07, 6.45) is 61.0. The van der Waals surface area contributed by atoms with Gasteiger partial charge in [0.05, 0.1) is 26.4 Å². The standard InChI is InChI=1S/C78H152O17P2/c1-6-9-12-15-18-21-24-27-28-29-30-31-32-33-36-39-42-49-54-59-64-78(83)94-73(67-88-75(80)61-56-51-46-40-37-34-25-22-19-16-13-10-7-2)69-92-96(84,85)90-65-72(79)66-91-97(86,87)93-70-74(68-89-76(81)62-57-52-47-44-43-45-50-55-60-71(4)5)95-77(82)63-58-53-48-41-38-35-26-23-20-17-14-11-8-3/h71-74,79H,6-70H2,1-5H3,(H,84,85)(H,86,87)/t72-,73-,74-/m1/s1. The first-order chi connectivity index (χ1) is 47.0. The van der Waals surface area contributed by atoms with Gasteiger partial charge in [-0.05, 0) is 31.6 Å². The summed E-state index contributed by atoms with van der Waals surface area (Å²) in [5.74, 6) is -1.38. The van der Waals surface area contributed by atoms with Crippen molar-refractivity contribution in [2.75, 3.05) is 39.6 Å². The van der Waals surface area contributed by atoms with Crippen molar-refractivity contribution in [3.05, 3.63) is 0 Å². The van der Waals surface area contributed by atoms with E-state index in [0.717, 1.165) is 95.8 Å². The molecule has 5 atom stereocenters. The Balaban J connectivity index is 5.22. The maximum Gasteiger partial charge on any atom is 0.472 e. The average molecular weight is 1420 g/mol. The predicted octanol–water partition coefficient (Wildman–Crippen LogP) is 23.3. The Morgan fingerprint density at radius 2 is 0.474 bits per heavy atom. The van der Waals surface area contributed by atoms with Crippen LogP contribution in [0.25, 0.3) is 0 Å². The van der Waals surface area contributed by atoms with Gasteiger partial charge in [-0.2, -0.15) is 0 Å². The lowest BCUT2D eigenvalue weighted by molar-refractivity contribution is -0.161. The number of hydrogen-bond donors (Lipinski definition) is 3. The minimum Gasteiger partial charge on any atom is -0.462 e. The van der Waals surface area contributed by atoms with Crippen LogP contribution in [-0.4, -0.2) is 96.7 Å². The summed E-state index contributed by atoms with van der Waals surface area (Å²) in [5, 5.41) is 10.6. The Morgan fingerprint density at radius 1 is 0.278 bits per heavy atom. The molecule has 3 N–H and O–H groups in total. The molecule has 0 aliphatic carbocycles. The van der Waals surface area contributed by atoms with Crippen LogP contribution in [0.1, 0.15) is 413 Å². The highest BCUT2D eigenvalue weighted by Gasteiger charge is 2.30. The second kappa shape index (κ2) is 71.1. The number of phosphoric ester groups is 2. The molecule has 17 nitrogen and oxygen atoms in total. The van der Waals surface area contributed by atoms with Gasteiger partial charge in [0, 0.05) is 25.7 Å². The molecule has 0 aliphatic heterocycles. The molecular formula is C78H152O17P2. The highest BCUT2D eigenvalue weighted by Crippen LogP contribution is 2.45. The van der Waals surface area contributed by atoms with E-state index in [2.05, 4.69) is 34.6 Å². The Bertz CT molecular complexity index is 1860. The molecule has 0 saturated carbocycles. The molecule has 0 aliphatic rings. The first-order valence-electron chi connectivity index (χ1n) is 40.6. The molecule has 0 radical (unpaired) electrons. The zero-order chi connectivity index (χ0) is 71.2. The SMILES string of the molecule is CCCCCCCCCCCCCCCCCCCCCCC(=O)O[C@H](COC(=O)CCCCCCCCCCCCCCC)COP(=O)(O)OC[C@@H](O)COP(=O)(O)OC[C@@H](COC(=O)CCCCCCCCCCC(C)C)OC(=O)CCCCCCCCCCCCCCC. The van der Waals surface area contributed by atoms with E-state index in [1.807, 2.05) is 0 Å². The first-order valence-corrected chi connectivity index (χ1v) is 43.6. The van der Waals surface area contributed by atoms with E-state index >= 15 is 0 Å². The number of esters is 4. The number of aliphatic hydroxyl groups is 1. The molecule has 0 spiro atoms. The average Bonchev–Trinajstić information content (AvgIpc) is 1.54. The van der Waals surface area contributed by atoms with E-state index in [1.54, 1.807) is 0 Å². The third kappa shape index (κ3) is 72.2. The number of aliphatic hydroxyl groups excluding tert-OH is 1. The van der Waals surface area contributed by atoms with Crippen molar-refractivity contribution < 1.29 is 80.2 Å². The third-order valence-electron chi connectivity index (χ3n) is 18.3. The van der Waals surface area contributed by atoms with E-state index in [4.69, 9.17) is 37.0 Å². The number of carbonyl (C=O) groups excluding carboxylic acids is 4. The lowest BCUT2D eigenvalue weighted by Gasteiger charge is -2.21. The molecule has 0 amide bonds. The van der Waals surface area contributed by atoms with Gasteiger partial charge in [-0.3, -0.25) is 37.3 Å². The van der Waals surface area contributed by atoms with E-state index in [1.165, 1.54) is 238 Å². The summed E-state index contributed by atoms with van der Waals surface area (Å²) >= 11 is 0.